The van der Waals surface area contributed by atoms with Gasteiger partial charge < -0.3 is 9.84 Å². The van der Waals surface area contributed by atoms with Gasteiger partial charge in [0.05, 0.1) is 16.6 Å². The Balaban J connectivity index is 1.47. The Bertz CT molecular complexity index is 1170. The fourth-order valence-corrected chi connectivity index (χ4v) is 3.16. The molecule has 0 bridgehead atoms. The van der Waals surface area contributed by atoms with E-state index in [1.807, 2.05) is 43.3 Å². The zero-order valence-electron chi connectivity index (χ0n) is 15.4. The number of benzene rings is 2. The minimum Gasteiger partial charge on any atom is -0.355 e. The van der Waals surface area contributed by atoms with Gasteiger partial charge in [-0.1, -0.05) is 64.8 Å². The van der Waals surface area contributed by atoms with E-state index in [1.54, 1.807) is 28.9 Å². The normalized spacial score (nSPS) is 10.9. The average molecular weight is 427 g/mol. The highest BCUT2D eigenvalue weighted by molar-refractivity contribution is 6.42. The molecule has 4 rings (SSSR count). The van der Waals surface area contributed by atoms with Crippen LogP contribution in [-0.4, -0.2) is 20.8 Å². The molecule has 0 saturated heterocycles. The second kappa shape index (κ2) is 8.11. The molecule has 2 aromatic carbocycles. The minimum atomic E-state index is -0.393. The van der Waals surface area contributed by atoms with Crippen molar-refractivity contribution in [2.45, 2.75) is 13.5 Å². The van der Waals surface area contributed by atoms with Crippen molar-refractivity contribution in [1.29, 1.82) is 0 Å². The van der Waals surface area contributed by atoms with E-state index in [0.717, 1.165) is 16.8 Å². The van der Waals surface area contributed by atoms with Gasteiger partial charge in [0, 0.05) is 23.4 Å². The van der Waals surface area contributed by atoms with Crippen molar-refractivity contribution >= 4 is 34.9 Å². The van der Waals surface area contributed by atoms with Gasteiger partial charge >= 0.3 is 0 Å². The van der Waals surface area contributed by atoms with Crippen molar-refractivity contribution in [3.63, 3.8) is 0 Å². The van der Waals surface area contributed by atoms with Gasteiger partial charge in [0.25, 0.3) is 5.91 Å². The number of anilines is 1. The summed E-state index contributed by atoms with van der Waals surface area (Å²) in [5, 5.41) is 12.0. The number of carbonyl (C=O) groups excluding carboxylic acids is 1. The summed E-state index contributed by atoms with van der Waals surface area (Å²) in [6.45, 7) is 2.41. The highest BCUT2D eigenvalue weighted by Gasteiger charge is 2.16. The second-order valence-corrected chi connectivity index (χ2v) is 7.29. The molecule has 1 amide bonds. The van der Waals surface area contributed by atoms with E-state index in [2.05, 4.69) is 15.6 Å². The Morgan fingerprint density at radius 3 is 2.62 bits per heavy atom. The molecule has 0 aliphatic carbocycles. The van der Waals surface area contributed by atoms with E-state index in [0.29, 0.717) is 28.2 Å². The Labute approximate surface area is 177 Å². The maximum absolute atomic E-state index is 12.5. The molecule has 146 valence electrons. The Kier molecular flexibility index (Phi) is 5.38. The van der Waals surface area contributed by atoms with Crippen LogP contribution in [0, 0.1) is 6.92 Å². The van der Waals surface area contributed by atoms with Crippen LogP contribution in [0.25, 0.3) is 11.3 Å². The lowest BCUT2D eigenvalue weighted by Gasteiger charge is -2.06. The summed E-state index contributed by atoms with van der Waals surface area (Å²) >= 11 is 12.0. The number of amides is 1. The molecule has 0 atom stereocenters. The van der Waals surface area contributed by atoms with E-state index in [-0.39, 0.29) is 5.69 Å². The Morgan fingerprint density at radius 2 is 1.86 bits per heavy atom. The monoisotopic (exact) mass is 426 g/mol. The molecule has 0 fully saturated rings. The number of aryl methyl sites for hydroxylation is 1. The Morgan fingerprint density at radius 1 is 1.07 bits per heavy atom. The number of nitrogens with one attached hydrogen (secondary N) is 1. The third kappa shape index (κ3) is 4.34. The van der Waals surface area contributed by atoms with Crippen molar-refractivity contribution in [1.82, 2.24) is 14.9 Å². The number of aromatic nitrogens is 3. The zero-order valence-corrected chi connectivity index (χ0v) is 16.9. The van der Waals surface area contributed by atoms with Gasteiger partial charge in [-0.25, -0.2) is 0 Å². The average Bonchev–Trinajstić information content (AvgIpc) is 3.33. The molecule has 6 nitrogen and oxygen atoms in total. The van der Waals surface area contributed by atoms with Gasteiger partial charge in [-0.2, -0.15) is 5.10 Å². The first-order valence-corrected chi connectivity index (χ1v) is 9.57. The molecule has 0 radical (unpaired) electrons. The first-order chi connectivity index (χ1) is 14.0. The lowest BCUT2D eigenvalue weighted by molar-refractivity contribution is 0.101. The van der Waals surface area contributed by atoms with Crippen molar-refractivity contribution in [2.75, 3.05) is 5.32 Å². The van der Waals surface area contributed by atoms with Crippen LogP contribution in [0.4, 0.5) is 5.82 Å². The number of rotatable bonds is 5. The first-order valence-electron chi connectivity index (χ1n) is 8.81. The topological polar surface area (TPSA) is 73.0 Å². The number of hydrogen-bond acceptors (Lipinski definition) is 4. The number of carbonyl (C=O) groups is 1. The summed E-state index contributed by atoms with van der Waals surface area (Å²) in [7, 11) is 0. The van der Waals surface area contributed by atoms with E-state index in [1.165, 1.54) is 0 Å². The largest absolute Gasteiger partial charge is 0.355 e. The predicted molar refractivity (Wildman–Crippen MR) is 112 cm³/mol. The summed E-state index contributed by atoms with van der Waals surface area (Å²) in [6, 6.07) is 18.3. The molecular formula is C21H16Cl2N4O2. The van der Waals surface area contributed by atoms with Crippen LogP contribution in [0.1, 0.15) is 21.7 Å². The fourth-order valence-electron chi connectivity index (χ4n) is 2.84. The molecule has 0 aliphatic rings. The summed E-state index contributed by atoms with van der Waals surface area (Å²) in [4.78, 5) is 12.5. The highest BCUT2D eigenvalue weighted by Crippen LogP contribution is 2.24. The van der Waals surface area contributed by atoms with Gasteiger partial charge in [0.15, 0.2) is 17.3 Å². The molecule has 2 heterocycles. The summed E-state index contributed by atoms with van der Waals surface area (Å²) in [5.74, 6) is 0.559. The second-order valence-electron chi connectivity index (χ2n) is 6.47. The zero-order chi connectivity index (χ0) is 20.4. The summed E-state index contributed by atoms with van der Waals surface area (Å²) < 4.78 is 7.05. The molecule has 29 heavy (non-hydrogen) atoms. The molecule has 8 heteroatoms. The third-order valence-electron chi connectivity index (χ3n) is 4.34. The smallest absolute Gasteiger partial charge is 0.279 e. The predicted octanol–water partition coefficient (Wildman–Crippen LogP) is 5.45. The van der Waals surface area contributed by atoms with Crippen molar-refractivity contribution in [3.05, 3.63) is 87.7 Å². The molecule has 0 aliphatic heterocycles. The van der Waals surface area contributed by atoms with Crippen LogP contribution in [-0.2, 0) is 6.54 Å². The summed E-state index contributed by atoms with van der Waals surface area (Å²) in [5.41, 5.74) is 2.87. The lowest BCUT2D eigenvalue weighted by Crippen LogP contribution is -2.13. The molecule has 1 N–H and O–H groups in total. The van der Waals surface area contributed by atoms with Crippen LogP contribution >= 0.6 is 23.2 Å². The van der Waals surface area contributed by atoms with Crippen molar-refractivity contribution < 1.29 is 9.32 Å². The highest BCUT2D eigenvalue weighted by atomic mass is 35.5. The van der Waals surface area contributed by atoms with Gasteiger partial charge in [-0.15, -0.1) is 0 Å². The van der Waals surface area contributed by atoms with Crippen LogP contribution in [0.2, 0.25) is 10.0 Å². The molecular weight excluding hydrogens is 411 g/mol. The number of halogens is 2. The van der Waals surface area contributed by atoms with E-state index in [9.17, 15) is 4.79 Å². The van der Waals surface area contributed by atoms with Crippen LogP contribution < -0.4 is 5.32 Å². The van der Waals surface area contributed by atoms with Crippen LogP contribution in [0.3, 0.4) is 0 Å². The number of nitrogens with zero attached hydrogens (tertiary/aromatic N) is 3. The molecule has 2 aromatic heterocycles. The van der Waals surface area contributed by atoms with Crippen LogP contribution in [0.15, 0.2) is 65.2 Å². The third-order valence-corrected chi connectivity index (χ3v) is 5.08. The standard InChI is InChI=1S/C21H16Cl2N4O2/c1-13-9-20(25-27(13)12-14-7-8-16(22)17(23)10-14)24-21(28)18-11-19(29-26-18)15-5-3-2-4-6-15/h2-11H,12H2,1H3,(H,24,25,28). The van der Waals surface area contributed by atoms with Crippen molar-refractivity contribution in [2.24, 2.45) is 0 Å². The van der Waals surface area contributed by atoms with Gasteiger partial charge in [-0.05, 0) is 24.6 Å². The van der Waals surface area contributed by atoms with E-state index < -0.39 is 5.91 Å². The van der Waals surface area contributed by atoms with E-state index >= 15 is 0 Å². The first kappa shape index (κ1) is 19.2. The Hall–Kier alpha value is -3.09. The quantitative estimate of drug-likeness (QED) is 0.460. The van der Waals surface area contributed by atoms with Crippen molar-refractivity contribution in [3.8, 4) is 11.3 Å². The maximum Gasteiger partial charge on any atom is 0.279 e. The molecule has 0 unspecified atom stereocenters. The molecule has 0 spiro atoms. The van der Waals surface area contributed by atoms with Crippen LogP contribution in [0.5, 0.6) is 0 Å². The minimum absolute atomic E-state index is 0.181. The maximum atomic E-state index is 12.5. The van der Waals surface area contributed by atoms with E-state index in [4.69, 9.17) is 27.7 Å². The lowest BCUT2D eigenvalue weighted by atomic mass is 10.1. The summed E-state index contributed by atoms with van der Waals surface area (Å²) in [6.07, 6.45) is 0. The molecule has 0 saturated carbocycles. The number of hydrogen-bond donors (Lipinski definition) is 1. The SMILES string of the molecule is Cc1cc(NC(=O)c2cc(-c3ccccc3)on2)nn1Cc1ccc(Cl)c(Cl)c1. The van der Waals surface area contributed by atoms with Gasteiger partial charge in [0.2, 0.25) is 0 Å². The van der Waals surface area contributed by atoms with Gasteiger partial charge in [0.1, 0.15) is 0 Å². The fraction of sp³-hybridized carbons (Fsp3) is 0.0952. The van der Waals surface area contributed by atoms with Gasteiger partial charge in [-0.3, -0.25) is 9.48 Å². The molecule has 4 aromatic rings.